The van der Waals surface area contributed by atoms with Crippen LogP contribution in [-0.4, -0.2) is 39.9 Å². The van der Waals surface area contributed by atoms with Gasteiger partial charge in [0, 0.05) is 43.8 Å². The molecule has 5 heterocycles. The van der Waals surface area contributed by atoms with Crippen LogP contribution >= 0.6 is 0 Å². The first-order valence-electron chi connectivity index (χ1n) is 39.7. The minimum atomic E-state index is 0.662. The molecule has 0 amide bonds. The smallest absolute Gasteiger partial charge is 0.165 e. The second kappa shape index (κ2) is 36.4. The maximum Gasteiger partial charge on any atom is 0.165 e. The number of hydrogen-bond donors (Lipinski definition) is 2. The fourth-order valence-electron chi connectivity index (χ4n) is 15.5. The van der Waals surface area contributed by atoms with Gasteiger partial charge in [-0.3, -0.25) is 0 Å². The Morgan fingerprint density at radius 3 is 0.531 bits per heavy atom. The molecule has 522 valence electrons. The van der Waals surface area contributed by atoms with Gasteiger partial charge in [0.25, 0.3) is 0 Å². The highest BCUT2D eigenvalue weighted by molar-refractivity contribution is 6.10. The summed E-state index contributed by atoms with van der Waals surface area (Å²) < 4.78 is 0. The summed E-state index contributed by atoms with van der Waals surface area (Å²) in [6, 6.07) is 19.7. The molecule has 0 spiro atoms. The zero-order chi connectivity index (χ0) is 68.4. The molecule has 9 rings (SSSR count). The van der Waals surface area contributed by atoms with Gasteiger partial charge in [-0.15, -0.1) is 0 Å². The van der Waals surface area contributed by atoms with E-state index in [0.717, 1.165) is 149 Å². The van der Waals surface area contributed by atoms with Gasteiger partial charge in [-0.25, -0.2) is 29.9 Å². The summed E-state index contributed by atoms with van der Waals surface area (Å²) in [7, 11) is 0. The average molecular weight is 1300 g/mol. The molecule has 0 atom stereocenters. The number of fused-ring (bicyclic) bond motifs is 20. The molecule has 4 aromatic carbocycles. The van der Waals surface area contributed by atoms with Crippen molar-refractivity contribution < 1.29 is 0 Å². The number of unbranched alkanes of at least 4 members (excludes halogenated alkanes) is 8. The van der Waals surface area contributed by atoms with E-state index < -0.39 is 0 Å². The van der Waals surface area contributed by atoms with Crippen LogP contribution in [0.1, 0.15) is 309 Å². The molecule has 0 radical (unpaired) electrons. The maximum atomic E-state index is 6.07. The van der Waals surface area contributed by atoms with Crippen molar-refractivity contribution in [3.63, 3.8) is 0 Å². The van der Waals surface area contributed by atoms with Crippen molar-refractivity contribution >= 4 is 44.1 Å². The Morgan fingerprint density at radius 2 is 0.365 bits per heavy atom. The Bertz CT molecular complexity index is 3310. The molecule has 0 unspecified atom stereocenters. The monoisotopic (exact) mass is 1300 g/mol. The Morgan fingerprint density at radius 1 is 0.208 bits per heavy atom. The van der Waals surface area contributed by atoms with Crippen LogP contribution < -0.4 is 0 Å². The molecule has 8 nitrogen and oxygen atoms in total. The molecule has 3 aromatic heterocycles. The van der Waals surface area contributed by atoms with E-state index in [1.807, 2.05) is 0 Å². The van der Waals surface area contributed by atoms with E-state index in [9.17, 15) is 0 Å². The minimum absolute atomic E-state index is 0.662. The fourth-order valence-corrected chi connectivity index (χ4v) is 15.5. The zero-order valence-electron chi connectivity index (χ0n) is 63.5. The normalized spacial score (nSPS) is 12.6. The van der Waals surface area contributed by atoms with Crippen molar-refractivity contribution in [2.45, 2.75) is 316 Å². The lowest BCUT2D eigenvalue weighted by molar-refractivity contribution is 0.537. The average Bonchev–Trinajstić information content (AvgIpc) is 1.59. The minimum Gasteiger partial charge on any atom is -0.324 e. The van der Waals surface area contributed by atoms with Crippen LogP contribution in [0.25, 0.3) is 89.7 Å². The van der Waals surface area contributed by atoms with E-state index in [2.05, 4.69) is 169 Å². The van der Waals surface area contributed by atoms with Crippen molar-refractivity contribution in [3.8, 4) is 45.6 Å². The molecule has 96 heavy (non-hydrogen) atoms. The Balaban J connectivity index is 1.47. The third-order valence-corrected chi connectivity index (χ3v) is 20.9. The number of nitrogens with zero attached hydrogens (tertiary/aromatic N) is 6. The number of nitrogens with one attached hydrogen (secondary N) is 2. The molecule has 0 saturated heterocycles. The summed E-state index contributed by atoms with van der Waals surface area (Å²) in [5, 5.41) is 4.80. The highest BCUT2D eigenvalue weighted by Gasteiger charge is 2.30. The molecular weight excluding hydrogens is 1170 g/mol. The highest BCUT2D eigenvalue weighted by atomic mass is 15.1. The van der Waals surface area contributed by atoms with E-state index in [4.69, 9.17) is 29.9 Å². The van der Waals surface area contributed by atoms with Crippen molar-refractivity contribution in [1.29, 1.82) is 0 Å². The van der Waals surface area contributed by atoms with E-state index in [1.165, 1.54) is 191 Å². The van der Waals surface area contributed by atoms with Crippen LogP contribution in [0.4, 0.5) is 0 Å². The summed E-state index contributed by atoms with van der Waals surface area (Å²) in [6.07, 6.45) is 35.9. The first-order valence-corrected chi connectivity index (χ1v) is 39.7. The van der Waals surface area contributed by atoms with Gasteiger partial charge in [-0.1, -0.05) is 262 Å². The maximum absolute atomic E-state index is 6.07. The number of rotatable bonds is 40. The highest BCUT2D eigenvalue weighted by Crippen LogP contribution is 2.45. The third-order valence-electron chi connectivity index (χ3n) is 20.9. The number of H-pyrrole nitrogens is 2. The Hall–Kier alpha value is -5.76. The fraction of sp³-hybridized carbons (Fsp3) is 0.636. The molecule has 2 aliphatic rings. The summed E-state index contributed by atoms with van der Waals surface area (Å²) in [4.78, 5) is 44.3. The van der Waals surface area contributed by atoms with E-state index in [1.54, 1.807) is 0 Å². The first-order chi connectivity index (χ1) is 46.2. The topological polar surface area (TPSA) is 109 Å². The number of aromatic nitrogens is 8. The number of aromatic amines is 2. The standard InChI is InChI=1S/C88H130N8/c1-57(2)33-17-25-41-65-49-50-66(42-26-18-34-58(3)4)74-73(65)81-89-82(74)94-84-77-69(45-29-21-37-61(9)10)53-54-70(46-30-22-38-62(11)12)78(77)86(91-84)96-88-80-72(48-32-24-40-64(15)16)56-55-71(47-31-23-39-63(13)14)79(80)87(92-88)95-85-76-68(44-28-20-36-60(7)8)52-51-67(43-27-19-35-59(5)6)75(76)83(90-85)93-81/h49-64H,17-48H2,1-16H3,(H2,89,90,91,92,93,94,95,96). The number of hydrogen-bond acceptors (Lipinski definition) is 6. The Kier molecular flexibility index (Phi) is 28.2. The van der Waals surface area contributed by atoms with Gasteiger partial charge in [0.2, 0.25) is 0 Å². The molecule has 0 fully saturated rings. The summed E-state index contributed by atoms with van der Waals surface area (Å²) in [5.74, 6) is 8.38. The molecule has 2 aliphatic heterocycles. The summed E-state index contributed by atoms with van der Waals surface area (Å²) in [5.41, 5.74) is 18.8. The molecule has 0 saturated carbocycles. The van der Waals surface area contributed by atoms with Crippen molar-refractivity contribution in [2.24, 2.45) is 47.3 Å². The van der Waals surface area contributed by atoms with Crippen LogP contribution in [-0.2, 0) is 51.4 Å². The van der Waals surface area contributed by atoms with Crippen LogP contribution in [0.3, 0.4) is 0 Å². The quantitative estimate of drug-likeness (QED) is 0.0370. The van der Waals surface area contributed by atoms with Crippen molar-refractivity contribution in [3.05, 3.63) is 93.0 Å². The van der Waals surface area contributed by atoms with E-state index >= 15 is 0 Å². The second-order valence-corrected chi connectivity index (χ2v) is 33.3. The van der Waals surface area contributed by atoms with Crippen molar-refractivity contribution in [1.82, 2.24) is 39.9 Å². The van der Waals surface area contributed by atoms with Gasteiger partial charge in [0.1, 0.15) is 22.6 Å². The second-order valence-electron chi connectivity index (χ2n) is 33.3. The van der Waals surface area contributed by atoms with Gasteiger partial charge < -0.3 is 9.97 Å². The molecule has 0 aliphatic carbocycles. The van der Waals surface area contributed by atoms with Crippen LogP contribution in [0.2, 0.25) is 0 Å². The largest absolute Gasteiger partial charge is 0.324 e. The SMILES string of the molecule is CC(C)CCCCc1ccc(CCCCC(C)C)c2c1-c1nc-2nc2[nH]c(nc3nc(nc4[nH]c(n1)c1c(CCCCC(C)C)ccc(CCCCC(C)C)c41)-c1c(CCCCC(C)C)ccc(CCCCC(C)C)c1-3)c1c(CCCCC(C)C)ccc(CCCCC(C)C)c21. The van der Waals surface area contributed by atoms with Crippen LogP contribution in [0.15, 0.2) is 48.5 Å². The number of benzene rings is 4. The van der Waals surface area contributed by atoms with Gasteiger partial charge in [-0.2, -0.15) is 0 Å². The van der Waals surface area contributed by atoms with Crippen molar-refractivity contribution in [2.75, 3.05) is 0 Å². The lowest BCUT2D eigenvalue weighted by atomic mass is 9.90. The lowest BCUT2D eigenvalue weighted by Gasteiger charge is -2.14. The number of aryl methyl sites for hydroxylation is 8. The van der Waals surface area contributed by atoms with Gasteiger partial charge in [0.05, 0.1) is 0 Å². The summed E-state index contributed by atoms with van der Waals surface area (Å²) >= 11 is 0. The lowest BCUT2D eigenvalue weighted by Crippen LogP contribution is -1.99. The third kappa shape index (κ3) is 20.2. The predicted octanol–water partition coefficient (Wildman–Crippen LogP) is 25.8. The predicted molar refractivity (Wildman–Crippen MR) is 415 cm³/mol. The molecular formula is C88H130N8. The van der Waals surface area contributed by atoms with Gasteiger partial charge in [-0.05, 0) is 195 Å². The van der Waals surface area contributed by atoms with Crippen LogP contribution in [0.5, 0.6) is 0 Å². The Labute approximate surface area is 583 Å². The van der Waals surface area contributed by atoms with E-state index in [-0.39, 0.29) is 0 Å². The van der Waals surface area contributed by atoms with Gasteiger partial charge in [0.15, 0.2) is 23.3 Å². The molecule has 8 bridgehead atoms. The van der Waals surface area contributed by atoms with Crippen LogP contribution in [0, 0.1) is 47.3 Å². The van der Waals surface area contributed by atoms with E-state index in [0.29, 0.717) is 47.3 Å². The molecule has 2 N–H and O–H groups in total. The van der Waals surface area contributed by atoms with Gasteiger partial charge >= 0.3 is 0 Å². The summed E-state index contributed by atoms with van der Waals surface area (Å²) in [6.45, 7) is 37.8. The molecule has 8 heteroatoms. The zero-order valence-corrected chi connectivity index (χ0v) is 63.5. The molecule has 7 aromatic rings. The first kappa shape index (κ1) is 74.5.